The molecule has 0 aliphatic heterocycles. The summed E-state index contributed by atoms with van der Waals surface area (Å²) >= 11 is 0. The molecule has 1 aromatic heterocycles. The Hall–Kier alpha value is -4.46. The Morgan fingerprint density at radius 2 is 1.60 bits per heavy atom. The van der Waals surface area contributed by atoms with E-state index in [0.717, 1.165) is 10.9 Å². The van der Waals surface area contributed by atoms with Gasteiger partial charge in [0.05, 0.1) is 12.5 Å². The zero-order valence-electron chi connectivity index (χ0n) is 22.3. The van der Waals surface area contributed by atoms with Crippen LogP contribution in [0.1, 0.15) is 45.1 Å². The van der Waals surface area contributed by atoms with Crippen LogP contribution in [-0.2, 0) is 35.2 Å². The van der Waals surface area contributed by atoms with E-state index in [1.165, 1.54) is 0 Å². The van der Waals surface area contributed by atoms with Gasteiger partial charge in [0, 0.05) is 29.9 Å². The number of benzene rings is 1. The number of fused-ring (bicyclic) bond motifs is 1. The average Bonchev–Trinajstić information content (AvgIpc) is 3.30. The number of H-pyrrole nitrogens is 1. The van der Waals surface area contributed by atoms with Crippen LogP contribution in [0, 0.1) is 5.92 Å². The van der Waals surface area contributed by atoms with Crippen molar-refractivity contribution >= 4 is 46.5 Å². The van der Waals surface area contributed by atoms with E-state index < -0.39 is 78.5 Å². The van der Waals surface area contributed by atoms with Gasteiger partial charge in [-0.25, -0.2) is 4.79 Å². The highest BCUT2D eigenvalue weighted by Gasteiger charge is 2.33. The lowest BCUT2D eigenvalue weighted by atomic mass is 9.96. The summed E-state index contributed by atoms with van der Waals surface area (Å²) in [4.78, 5) is 76.2. The number of carbonyl (C=O) groups excluding carboxylic acids is 4. The van der Waals surface area contributed by atoms with E-state index in [1.54, 1.807) is 20.0 Å². The van der Waals surface area contributed by atoms with Crippen molar-refractivity contribution in [1.82, 2.24) is 20.9 Å². The van der Waals surface area contributed by atoms with Gasteiger partial charge >= 0.3 is 11.9 Å². The summed E-state index contributed by atoms with van der Waals surface area (Å²) in [6.07, 6.45) is 0.817. The SMILES string of the molecule is CCC(C)C(NC(=O)C(Cc1c[nH]c2ccccc12)NC(=O)C(N)CC(N)=O)C(=O)NC(CCC(=O)O)C(=O)O. The van der Waals surface area contributed by atoms with Gasteiger partial charge < -0.3 is 42.6 Å². The van der Waals surface area contributed by atoms with Crippen molar-refractivity contribution in [3.8, 4) is 0 Å². The molecule has 0 saturated heterocycles. The van der Waals surface area contributed by atoms with Gasteiger partial charge in [0.25, 0.3) is 0 Å². The highest BCUT2D eigenvalue weighted by molar-refractivity contribution is 5.96. The number of carboxylic acids is 2. The van der Waals surface area contributed by atoms with E-state index in [-0.39, 0.29) is 12.8 Å². The van der Waals surface area contributed by atoms with Gasteiger partial charge in [-0.2, -0.15) is 0 Å². The largest absolute Gasteiger partial charge is 0.481 e. The molecule has 5 atom stereocenters. The first-order valence-corrected chi connectivity index (χ1v) is 12.8. The van der Waals surface area contributed by atoms with Crippen LogP contribution in [0.25, 0.3) is 10.9 Å². The second-order valence-corrected chi connectivity index (χ2v) is 9.61. The molecule has 0 aliphatic carbocycles. The van der Waals surface area contributed by atoms with Crippen molar-refractivity contribution in [2.24, 2.45) is 17.4 Å². The van der Waals surface area contributed by atoms with Crippen LogP contribution in [0.5, 0.6) is 0 Å². The molecule has 0 aliphatic rings. The Balaban J connectivity index is 2.31. The Morgan fingerprint density at radius 3 is 2.20 bits per heavy atom. The molecule has 14 nitrogen and oxygen atoms in total. The van der Waals surface area contributed by atoms with Crippen molar-refractivity contribution in [3.63, 3.8) is 0 Å². The number of amides is 4. The fraction of sp³-hybridized carbons (Fsp3) is 0.462. The Bertz CT molecular complexity index is 1240. The highest BCUT2D eigenvalue weighted by Crippen LogP contribution is 2.20. The van der Waals surface area contributed by atoms with Gasteiger partial charge in [-0.1, -0.05) is 38.5 Å². The molecular weight excluding hydrogens is 524 g/mol. The maximum atomic E-state index is 13.5. The number of aromatic amines is 1. The van der Waals surface area contributed by atoms with Crippen molar-refractivity contribution < 1.29 is 39.0 Å². The third-order valence-corrected chi connectivity index (χ3v) is 6.54. The minimum absolute atomic E-state index is 0.00388. The second kappa shape index (κ2) is 14.6. The number of carboxylic acid groups (broad SMARTS) is 2. The van der Waals surface area contributed by atoms with E-state index >= 15 is 0 Å². The molecule has 218 valence electrons. The summed E-state index contributed by atoms with van der Waals surface area (Å²) in [5.74, 6) is -6.27. The van der Waals surface area contributed by atoms with Gasteiger partial charge in [0.1, 0.15) is 18.1 Å². The maximum Gasteiger partial charge on any atom is 0.326 e. The average molecular weight is 561 g/mol. The molecule has 0 fully saturated rings. The van der Waals surface area contributed by atoms with Crippen molar-refractivity contribution in [2.45, 2.75) is 70.1 Å². The monoisotopic (exact) mass is 560 g/mol. The molecule has 0 radical (unpaired) electrons. The molecule has 2 aromatic rings. The van der Waals surface area contributed by atoms with Crippen molar-refractivity contribution in [1.29, 1.82) is 0 Å². The Labute approximate surface area is 230 Å². The number of primary amides is 1. The molecule has 4 amide bonds. The second-order valence-electron chi connectivity index (χ2n) is 9.61. The number of nitrogens with one attached hydrogen (secondary N) is 4. The predicted molar refractivity (Wildman–Crippen MR) is 144 cm³/mol. The lowest BCUT2D eigenvalue weighted by Gasteiger charge is -2.28. The van der Waals surface area contributed by atoms with Crippen molar-refractivity contribution in [3.05, 3.63) is 36.0 Å². The molecule has 40 heavy (non-hydrogen) atoms. The number of rotatable bonds is 16. The first kappa shape index (κ1) is 31.8. The predicted octanol–water partition coefficient (Wildman–Crippen LogP) is -0.637. The Kier molecular flexibility index (Phi) is 11.6. The van der Waals surface area contributed by atoms with E-state index in [2.05, 4.69) is 20.9 Å². The smallest absolute Gasteiger partial charge is 0.326 e. The number of para-hydroxylation sites is 1. The third-order valence-electron chi connectivity index (χ3n) is 6.54. The number of hydrogen-bond acceptors (Lipinski definition) is 7. The summed E-state index contributed by atoms with van der Waals surface area (Å²) in [6, 6.07) is 2.07. The lowest BCUT2D eigenvalue weighted by Crippen LogP contribution is -2.59. The molecule has 0 saturated carbocycles. The van der Waals surface area contributed by atoms with Crippen molar-refractivity contribution in [2.75, 3.05) is 0 Å². The zero-order valence-corrected chi connectivity index (χ0v) is 22.3. The lowest BCUT2D eigenvalue weighted by molar-refractivity contribution is -0.143. The van der Waals surface area contributed by atoms with Crippen LogP contribution in [0.2, 0.25) is 0 Å². The topological polar surface area (TPSA) is 247 Å². The van der Waals surface area contributed by atoms with Gasteiger partial charge in [-0.05, 0) is 24.0 Å². The molecule has 14 heteroatoms. The standard InChI is InChI=1S/C26H36N6O8/c1-3-13(2)22(25(38)30-18(26(39)40)8-9-21(34)35)32-24(37)19(31-23(36)16(27)11-20(28)33)10-14-12-29-17-7-5-4-6-15(14)17/h4-7,12-13,16,18-19,22,29H,3,8-11,27H2,1-2H3,(H2,28,33)(H,30,38)(H,31,36)(H,32,37)(H,34,35)(H,39,40). The molecular formula is C26H36N6O8. The number of carbonyl (C=O) groups is 6. The van der Waals surface area contributed by atoms with E-state index in [0.29, 0.717) is 12.0 Å². The van der Waals surface area contributed by atoms with Gasteiger partial charge in [-0.15, -0.1) is 0 Å². The van der Waals surface area contributed by atoms with Crippen LogP contribution in [0.4, 0.5) is 0 Å². The fourth-order valence-electron chi connectivity index (χ4n) is 4.06. The summed E-state index contributed by atoms with van der Waals surface area (Å²) in [7, 11) is 0. The van der Waals surface area contributed by atoms with E-state index in [1.807, 2.05) is 24.3 Å². The molecule has 0 bridgehead atoms. The number of hydrogen-bond donors (Lipinski definition) is 8. The van der Waals surface area contributed by atoms with Gasteiger partial charge in [0.15, 0.2) is 0 Å². The minimum Gasteiger partial charge on any atom is -0.481 e. The first-order chi connectivity index (χ1) is 18.8. The summed E-state index contributed by atoms with van der Waals surface area (Å²) in [6.45, 7) is 3.44. The molecule has 1 heterocycles. The zero-order chi connectivity index (χ0) is 30.0. The van der Waals surface area contributed by atoms with Gasteiger partial charge in [-0.3, -0.25) is 24.0 Å². The minimum atomic E-state index is -1.49. The quantitative estimate of drug-likeness (QED) is 0.130. The summed E-state index contributed by atoms with van der Waals surface area (Å²) in [5, 5.41) is 26.6. The number of nitrogens with two attached hydrogens (primary N) is 2. The first-order valence-electron chi connectivity index (χ1n) is 12.8. The van der Waals surface area contributed by atoms with Crippen LogP contribution in [0.15, 0.2) is 30.5 Å². The van der Waals surface area contributed by atoms with E-state index in [9.17, 15) is 33.9 Å². The van der Waals surface area contributed by atoms with Crippen LogP contribution < -0.4 is 27.4 Å². The molecule has 1 aromatic carbocycles. The highest BCUT2D eigenvalue weighted by atomic mass is 16.4. The molecule has 5 unspecified atom stereocenters. The van der Waals surface area contributed by atoms with Gasteiger partial charge in [0.2, 0.25) is 23.6 Å². The molecule has 2 rings (SSSR count). The normalized spacial score (nSPS) is 14.8. The molecule has 10 N–H and O–H groups in total. The Morgan fingerprint density at radius 1 is 0.950 bits per heavy atom. The van der Waals surface area contributed by atoms with E-state index in [4.69, 9.17) is 16.6 Å². The number of aromatic nitrogens is 1. The summed E-state index contributed by atoms with van der Waals surface area (Å²) in [5.41, 5.74) is 12.4. The maximum absolute atomic E-state index is 13.5. The number of aliphatic carboxylic acids is 2. The fourth-order valence-corrected chi connectivity index (χ4v) is 4.06. The molecule has 0 spiro atoms. The van der Waals surface area contributed by atoms with Crippen LogP contribution in [-0.4, -0.2) is 74.9 Å². The van der Waals surface area contributed by atoms with Crippen LogP contribution in [0.3, 0.4) is 0 Å². The third kappa shape index (κ3) is 9.08. The van der Waals surface area contributed by atoms with Crippen LogP contribution >= 0.6 is 0 Å². The summed E-state index contributed by atoms with van der Waals surface area (Å²) < 4.78 is 0.